The van der Waals surface area contributed by atoms with E-state index in [1.807, 2.05) is 30.3 Å². The SMILES string of the molecule is CCC(C)(C)P(Cc1[cH-]ccc1CP(c1ccccc1C)c1ccccc1C)C(C)(C)CC.[Fe+2].c1cc[cH-]c1. The minimum atomic E-state index is -0.441. The number of hydrogen-bond donors (Lipinski definition) is 0. The minimum absolute atomic E-state index is 0. The Morgan fingerprint density at radius 3 is 1.54 bits per heavy atom. The summed E-state index contributed by atoms with van der Waals surface area (Å²) >= 11 is 0. The quantitative estimate of drug-likeness (QED) is 0.0968. The first-order valence-electron chi connectivity index (χ1n) is 14.2. The maximum absolute atomic E-state index is 2.51. The molecule has 0 radical (unpaired) electrons. The average Bonchev–Trinajstić information content (AvgIpc) is 3.62. The molecule has 0 bridgehead atoms. The zero-order chi connectivity index (χ0) is 27.8. The third-order valence-electron chi connectivity index (χ3n) is 8.22. The first kappa shape index (κ1) is 33.7. The Balaban J connectivity index is 0.000000797. The van der Waals surface area contributed by atoms with E-state index in [2.05, 4.69) is 122 Å². The van der Waals surface area contributed by atoms with Crippen LogP contribution in [0.15, 0.2) is 97.1 Å². The van der Waals surface area contributed by atoms with Crippen molar-refractivity contribution in [3.63, 3.8) is 0 Å². The van der Waals surface area contributed by atoms with Crippen LogP contribution in [0.5, 0.6) is 0 Å². The van der Waals surface area contributed by atoms with Crippen molar-refractivity contribution < 1.29 is 17.1 Å². The Kier molecular flexibility index (Phi) is 13.4. The Labute approximate surface area is 252 Å². The van der Waals surface area contributed by atoms with Crippen molar-refractivity contribution in [3.05, 3.63) is 119 Å². The molecule has 0 aliphatic rings. The molecular formula is C36H48FeP2. The fraction of sp³-hybridized carbons (Fsp3) is 0.389. The second-order valence-electron chi connectivity index (χ2n) is 11.6. The summed E-state index contributed by atoms with van der Waals surface area (Å²) in [6, 6.07) is 35.2. The number of hydrogen-bond acceptors (Lipinski definition) is 0. The average molecular weight is 599 g/mol. The maximum Gasteiger partial charge on any atom is 2.00 e. The van der Waals surface area contributed by atoms with Crippen LogP contribution in [0.4, 0.5) is 0 Å². The Hall–Kier alpha value is -1.48. The van der Waals surface area contributed by atoms with Crippen LogP contribution < -0.4 is 10.6 Å². The van der Waals surface area contributed by atoms with Gasteiger partial charge in [-0.3, -0.25) is 0 Å². The van der Waals surface area contributed by atoms with E-state index in [9.17, 15) is 0 Å². The fourth-order valence-electron chi connectivity index (χ4n) is 5.13. The summed E-state index contributed by atoms with van der Waals surface area (Å²) in [6.45, 7) is 19.3. The molecule has 0 unspecified atom stereocenters. The van der Waals surface area contributed by atoms with E-state index in [0.717, 1.165) is 6.16 Å². The third kappa shape index (κ3) is 9.00. The fourth-order valence-corrected chi connectivity index (χ4v) is 11.8. The van der Waals surface area contributed by atoms with E-state index in [0.29, 0.717) is 10.3 Å². The van der Waals surface area contributed by atoms with Gasteiger partial charge in [-0.05, 0) is 64.9 Å². The van der Waals surface area contributed by atoms with Crippen LogP contribution >= 0.6 is 15.8 Å². The van der Waals surface area contributed by atoms with Crippen molar-refractivity contribution in [2.75, 3.05) is 0 Å². The van der Waals surface area contributed by atoms with E-state index in [4.69, 9.17) is 0 Å². The van der Waals surface area contributed by atoms with Gasteiger partial charge in [0.2, 0.25) is 0 Å². The number of benzene rings is 2. The Morgan fingerprint density at radius 1 is 0.641 bits per heavy atom. The summed E-state index contributed by atoms with van der Waals surface area (Å²) in [5.41, 5.74) is 6.00. The number of aryl methyl sites for hydroxylation is 2. The zero-order valence-corrected chi connectivity index (χ0v) is 28.2. The second-order valence-corrected chi connectivity index (χ2v) is 17.3. The standard InChI is InChI=1S/C31H43P2.C5H5.Fe/c1-9-30(5,6)33(31(7,8)10-2)23-27-19-15-18-26(27)22-32(28-20-13-11-16-24(28)3)29-21-14-12-17-25(29)4;1-2-4-5-3-1;/h11-21H,9-10,22-23H2,1-8H3;1-5H;/q2*-1;+2. The molecule has 0 fully saturated rings. The van der Waals surface area contributed by atoms with Gasteiger partial charge in [0.15, 0.2) is 0 Å². The van der Waals surface area contributed by atoms with Crippen LogP contribution in [-0.2, 0) is 29.4 Å². The normalized spacial score (nSPS) is 11.7. The molecule has 0 aromatic heterocycles. The van der Waals surface area contributed by atoms with Gasteiger partial charge in [-0.25, -0.2) is 18.2 Å². The summed E-state index contributed by atoms with van der Waals surface area (Å²) in [5, 5.41) is 3.83. The van der Waals surface area contributed by atoms with E-state index >= 15 is 0 Å². The molecular weight excluding hydrogens is 550 g/mol. The van der Waals surface area contributed by atoms with Gasteiger partial charge in [0, 0.05) is 0 Å². The van der Waals surface area contributed by atoms with Gasteiger partial charge < -0.3 is 0 Å². The van der Waals surface area contributed by atoms with Crippen LogP contribution in [0.3, 0.4) is 0 Å². The summed E-state index contributed by atoms with van der Waals surface area (Å²) < 4.78 is 0. The molecule has 0 spiro atoms. The summed E-state index contributed by atoms with van der Waals surface area (Å²) in [4.78, 5) is 0. The third-order valence-corrected chi connectivity index (χ3v) is 15.3. The molecule has 3 heteroatoms. The van der Waals surface area contributed by atoms with Gasteiger partial charge in [-0.1, -0.05) is 112 Å². The smallest absolute Gasteiger partial charge is 0.214 e. The monoisotopic (exact) mass is 598 g/mol. The summed E-state index contributed by atoms with van der Waals surface area (Å²) in [5.74, 6) is 0. The van der Waals surface area contributed by atoms with E-state index in [1.54, 1.807) is 11.1 Å². The summed E-state index contributed by atoms with van der Waals surface area (Å²) in [6.07, 6.45) is 4.87. The molecule has 4 aromatic carbocycles. The Morgan fingerprint density at radius 2 is 1.13 bits per heavy atom. The van der Waals surface area contributed by atoms with Crippen molar-refractivity contribution in [3.8, 4) is 0 Å². The van der Waals surface area contributed by atoms with Gasteiger partial charge in [0.05, 0.1) is 0 Å². The molecule has 0 saturated carbocycles. The van der Waals surface area contributed by atoms with Gasteiger partial charge in [0.1, 0.15) is 0 Å². The predicted octanol–water partition coefficient (Wildman–Crippen LogP) is 10.4. The molecule has 0 N–H and O–H groups in total. The van der Waals surface area contributed by atoms with Crippen LogP contribution in [0.25, 0.3) is 0 Å². The van der Waals surface area contributed by atoms with Crippen LogP contribution in [0.2, 0.25) is 0 Å². The molecule has 4 rings (SSSR count). The van der Waals surface area contributed by atoms with E-state index in [1.165, 1.54) is 40.7 Å². The largest absolute Gasteiger partial charge is 2.00 e. The zero-order valence-electron chi connectivity index (χ0n) is 25.3. The second kappa shape index (κ2) is 15.5. The van der Waals surface area contributed by atoms with Crippen molar-refractivity contribution in [2.45, 2.75) is 90.9 Å². The van der Waals surface area contributed by atoms with Gasteiger partial charge >= 0.3 is 17.1 Å². The minimum Gasteiger partial charge on any atom is -0.214 e. The van der Waals surface area contributed by atoms with Crippen molar-refractivity contribution in [2.24, 2.45) is 0 Å². The van der Waals surface area contributed by atoms with Gasteiger partial charge in [-0.15, -0.1) is 0 Å². The molecule has 0 amide bonds. The molecule has 0 atom stereocenters. The van der Waals surface area contributed by atoms with Crippen molar-refractivity contribution >= 4 is 26.5 Å². The molecule has 0 aliphatic heterocycles. The van der Waals surface area contributed by atoms with Crippen LogP contribution in [0, 0.1) is 13.8 Å². The van der Waals surface area contributed by atoms with Crippen LogP contribution in [-0.4, -0.2) is 10.3 Å². The molecule has 210 valence electrons. The first-order valence-corrected chi connectivity index (χ1v) is 17.2. The first-order chi connectivity index (χ1) is 18.1. The Bertz CT molecular complexity index is 1150. The van der Waals surface area contributed by atoms with Crippen LogP contribution in [0.1, 0.15) is 76.6 Å². The molecule has 4 aromatic rings. The maximum atomic E-state index is 2.51. The van der Waals surface area contributed by atoms with E-state index in [-0.39, 0.29) is 25.0 Å². The predicted molar refractivity (Wildman–Crippen MR) is 176 cm³/mol. The van der Waals surface area contributed by atoms with Gasteiger partial charge in [0.25, 0.3) is 0 Å². The molecule has 0 heterocycles. The molecule has 0 saturated heterocycles. The molecule has 0 aliphatic carbocycles. The van der Waals surface area contributed by atoms with Crippen molar-refractivity contribution in [1.29, 1.82) is 0 Å². The number of rotatable bonds is 10. The summed E-state index contributed by atoms with van der Waals surface area (Å²) in [7, 11) is -0.593. The van der Waals surface area contributed by atoms with E-state index < -0.39 is 7.92 Å². The molecule has 0 nitrogen and oxygen atoms in total. The van der Waals surface area contributed by atoms with Crippen molar-refractivity contribution in [1.82, 2.24) is 0 Å². The molecule has 39 heavy (non-hydrogen) atoms. The van der Waals surface area contributed by atoms with Gasteiger partial charge in [-0.2, -0.15) is 41.5 Å². The topological polar surface area (TPSA) is 0 Å².